The van der Waals surface area contributed by atoms with E-state index in [9.17, 15) is 0 Å². The summed E-state index contributed by atoms with van der Waals surface area (Å²) in [7, 11) is 0. The fourth-order valence-electron chi connectivity index (χ4n) is 2.27. The first-order valence-corrected chi connectivity index (χ1v) is 7.55. The van der Waals surface area contributed by atoms with Gasteiger partial charge in [0.05, 0.1) is 6.26 Å². The van der Waals surface area contributed by atoms with Crippen LogP contribution in [-0.2, 0) is 6.42 Å². The van der Waals surface area contributed by atoms with Crippen LogP contribution in [0.15, 0.2) is 41.0 Å². The number of aryl methyl sites for hydroxylation is 1. The van der Waals surface area contributed by atoms with E-state index in [0.29, 0.717) is 16.1 Å². The lowest BCUT2D eigenvalue weighted by molar-refractivity contribution is 0.431. The topological polar surface area (TPSA) is 25.2 Å². The number of hydrogen-bond acceptors (Lipinski definition) is 2. The van der Waals surface area contributed by atoms with Gasteiger partial charge >= 0.3 is 0 Å². The monoisotopic (exact) mass is 311 g/mol. The quantitative estimate of drug-likeness (QED) is 0.787. The van der Waals surface area contributed by atoms with Crippen molar-refractivity contribution in [2.75, 3.05) is 0 Å². The normalized spacial score (nSPS) is 14.2. The predicted molar refractivity (Wildman–Crippen MR) is 84.5 cm³/mol. The van der Waals surface area contributed by atoms with Crippen molar-refractivity contribution in [1.29, 1.82) is 0 Å². The molecule has 2 rings (SSSR count). The Labute approximate surface area is 130 Å². The number of halogens is 2. The van der Waals surface area contributed by atoms with Crippen LogP contribution in [0, 0.1) is 0 Å². The molecule has 0 aliphatic heterocycles. The van der Waals surface area contributed by atoms with Crippen LogP contribution in [0.3, 0.4) is 0 Å². The highest BCUT2D eigenvalue weighted by Crippen LogP contribution is 2.26. The third-order valence-corrected chi connectivity index (χ3v) is 3.93. The third-order valence-electron chi connectivity index (χ3n) is 3.37. The maximum Gasteiger partial charge on any atom is 0.103 e. The summed E-state index contributed by atoms with van der Waals surface area (Å²) in [5.74, 6) is 1.02. The fraction of sp³-hybridized carbons (Fsp3) is 0.375. The van der Waals surface area contributed by atoms with Gasteiger partial charge in [0.1, 0.15) is 5.76 Å². The Hall–Kier alpha value is -0.960. The first-order chi connectivity index (χ1) is 9.56. The zero-order valence-electron chi connectivity index (χ0n) is 11.7. The van der Waals surface area contributed by atoms with Crippen LogP contribution < -0.4 is 5.32 Å². The van der Waals surface area contributed by atoms with Crippen LogP contribution in [0.1, 0.15) is 37.6 Å². The second-order valence-electron chi connectivity index (χ2n) is 5.07. The summed E-state index contributed by atoms with van der Waals surface area (Å²) in [6.07, 6.45) is 3.66. The van der Waals surface area contributed by atoms with Gasteiger partial charge in [0, 0.05) is 28.5 Å². The third kappa shape index (κ3) is 4.27. The van der Waals surface area contributed by atoms with Gasteiger partial charge in [0.25, 0.3) is 0 Å². The lowest BCUT2D eigenvalue weighted by Crippen LogP contribution is -2.29. The van der Waals surface area contributed by atoms with Crippen molar-refractivity contribution in [3.8, 4) is 0 Å². The molecule has 108 valence electrons. The van der Waals surface area contributed by atoms with E-state index in [4.69, 9.17) is 27.6 Å². The molecule has 0 bridgehead atoms. The van der Waals surface area contributed by atoms with E-state index >= 15 is 0 Å². The van der Waals surface area contributed by atoms with E-state index in [2.05, 4.69) is 19.2 Å². The van der Waals surface area contributed by atoms with Crippen LogP contribution in [0.2, 0.25) is 10.0 Å². The Kier molecular flexibility index (Phi) is 5.53. The molecule has 0 aliphatic carbocycles. The van der Waals surface area contributed by atoms with Gasteiger partial charge in [-0.25, -0.2) is 0 Å². The molecular formula is C16H19Cl2NO. The molecule has 0 spiro atoms. The Balaban J connectivity index is 1.88. The lowest BCUT2D eigenvalue weighted by atomic mass is 10.1. The molecule has 0 aliphatic rings. The second-order valence-corrected chi connectivity index (χ2v) is 5.92. The van der Waals surface area contributed by atoms with Crippen LogP contribution in [0.25, 0.3) is 0 Å². The van der Waals surface area contributed by atoms with E-state index in [1.807, 2.05) is 24.3 Å². The zero-order chi connectivity index (χ0) is 14.5. The van der Waals surface area contributed by atoms with Gasteiger partial charge in [0.15, 0.2) is 0 Å². The van der Waals surface area contributed by atoms with Gasteiger partial charge < -0.3 is 9.73 Å². The van der Waals surface area contributed by atoms with Crippen LogP contribution >= 0.6 is 23.2 Å². The molecule has 1 aromatic carbocycles. The average Bonchev–Trinajstić information content (AvgIpc) is 2.89. The Morgan fingerprint density at radius 3 is 2.65 bits per heavy atom. The number of furan rings is 1. The van der Waals surface area contributed by atoms with Crippen LogP contribution in [0.4, 0.5) is 0 Å². The number of rotatable bonds is 6. The summed E-state index contributed by atoms with van der Waals surface area (Å²) in [5, 5.41) is 4.92. The Morgan fingerprint density at radius 2 is 2.00 bits per heavy atom. The molecular weight excluding hydrogens is 293 g/mol. The summed E-state index contributed by atoms with van der Waals surface area (Å²) < 4.78 is 5.34. The van der Waals surface area contributed by atoms with Crippen molar-refractivity contribution in [2.24, 2.45) is 0 Å². The summed E-state index contributed by atoms with van der Waals surface area (Å²) in [6, 6.07) is 10.1. The Bertz CT molecular complexity index is 539. The van der Waals surface area contributed by atoms with Crippen molar-refractivity contribution in [2.45, 2.75) is 38.8 Å². The minimum Gasteiger partial charge on any atom is -0.469 e. The molecule has 2 atom stereocenters. The molecule has 0 fully saturated rings. The number of benzene rings is 1. The Morgan fingerprint density at radius 1 is 1.20 bits per heavy atom. The largest absolute Gasteiger partial charge is 0.469 e. The minimum absolute atomic E-state index is 0.186. The predicted octanol–water partition coefficient (Wildman–Crippen LogP) is 5.26. The minimum atomic E-state index is 0.186. The summed E-state index contributed by atoms with van der Waals surface area (Å²) in [6.45, 7) is 4.28. The molecule has 1 aromatic heterocycles. The number of nitrogens with one attached hydrogen (secondary N) is 1. The summed E-state index contributed by atoms with van der Waals surface area (Å²) in [4.78, 5) is 0. The van der Waals surface area contributed by atoms with Crippen molar-refractivity contribution >= 4 is 23.2 Å². The van der Waals surface area contributed by atoms with E-state index in [0.717, 1.165) is 24.2 Å². The summed E-state index contributed by atoms with van der Waals surface area (Å²) in [5.41, 5.74) is 1.07. The van der Waals surface area contributed by atoms with Crippen LogP contribution in [-0.4, -0.2) is 6.04 Å². The highest BCUT2D eigenvalue weighted by Gasteiger charge is 2.13. The molecule has 20 heavy (non-hydrogen) atoms. The molecule has 2 unspecified atom stereocenters. The second kappa shape index (κ2) is 7.16. The van der Waals surface area contributed by atoms with E-state index in [1.54, 1.807) is 12.3 Å². The fourth-order valence-corrected chi connectivity index (χ4v) is 2.84. The van der Waals surface area contributed by atoms with Crippen molar-refractivity contribution in [3.63, 3.8) is 0 Å². The summed E-state index contributed by atoms with van der Waals surface area (Å²) >= 11 is 12.1. The van der Waals surface area contributed by atoms with E-state index in [-0.39, 0.29) is 6.04 Å². The van der Waals surface area contributed by atoms with Gasteiger partial charge in [-0.2, -0.15) is 0 Å². The molecule has 0 saturated carbocycles. The SMILES string of the molecule is CC(CCc1ccco1)NC(C)c1ccc(Cl)cc1Cl. The van der Waals surface area contributed by atoms with E-state index in [1.165, 1.54) is 0 Å². The van der Waals surface area contributed by atoms with Gasteiger partial charge in [-0.15, -0.1) is 0 Å². The highest BCUT2D eigenvalue weighted by molar-refractivity contribution is 6.35. The molecule has 2 nitrogen and oxygen atoms in total. The smallest absolute Gasteiger partial charge is 0.103 e. The first kappa shape index (κ1) is 15.4. The van der Waals surface area contributed by atoms with Gasteiger partial charge in [-0.1, -0.05) is 29.3 Å². The van der Waals surface area contributed by atoms with Crippen molar-refractivity contribution in [3.05, 3.63) is 58.0 Å². The standard InChI is InChI=1S/C16H19Cl2NO/c1-11(5-7-14-4-3-9-20-14)19-12(2)15-8-6-13(17)10-16(15)18/h3-4,6,8-12,19H,5,7H2,1-2H3. The molecule has 0 saturated heterocycles. The van der Waals surface area contributed by atoms with Crippen molar-refractivity contribution < 1.29 is 4.42 Å². The van der Waals surface area contributed by atoms with E-state index < -0.39 is 0 Å². The zero-order valence-corrected chi connectivity index (χ0v) is 13.2. The maximum atomic E-state index is 6.23. The molecule has 1 N–H and O–H groups in total. The number of hydrogen-bond donors (Lipinski definition) is 1. The molecule has 2 aromatic rings. The molecule has 1 heterocycles. The maximum absolute atomic E-state index is 6.23. The molecule has 0 radical (unpaired) electrons. The lowest BCUT2D eigenvalue weighted by Gasteiger charge is -2.21. The molecule has 4 heteroatoms. The van der Waals surface area contributed by atoms with Crippen molar-refractivity contribution in [1.82, 2.24) is 5.32 Å². The first-order valence-electron chi connectivity index (χ1n) is 6.79. The molecule has 0 amide bonds. The van der Waals surface area contributed by atoms with Gasteiger partial charge in [-0.05, 0) is 50.1 Å². The highest BCUT2D eigenvalue weighted by atomic mass is 35.5. The van der Waals surface area contributed by atoms with Crippen LogP contribution in [0.5, 0.6) is 0 Å². The van der Waals surface area contributed by atoms with Gasteiger partial charge in [0.2, 0.25) is 0 Å². The van der Waals surface area contributed by atoms with Gasteiger partial charge in [-0.3, -0.25) is 0 Å². The average molecular weight is 312 g/mol.